The summed E-state index contributed by atoms with van der Waals surface area (Å²) >= 11 is 0. The molecule has 0 saturated carbocycles. The quantitative estimate of drug-likeness (QED) is 0.505. The lowest BCUT2D eigenvalue weighted by atomic mass is 10.2. The highest BCUT2D eigenvalue weighted by Crippen LogP contribution is 2.23. The molecule has 3 aromatic carbocycles. The Labute approximate surface area is 166 Å². The summed E-state index contributed by atoms with van der Waals surface area (Å²) in [4.78, 5) is 14.3. The molecule has 0 aliphatic heterocycles. The normalized spacial score (nSPS) is 10.6. The third-order valence-corrected chi connectivity index (χ3v) is 4.26. The maximum absolute atomic E-state index is 12.7. The molecule has 0 spiro atoms. The number of ether oxygens (including phenoxy) is 2. The predicted molar refractivity (Wildman–Crippen MR) is 112 cm³/mol. The van der Waals surface area contributed by atoms with Crippen molar-refractivity contribution in [2.45, 2.75) is 33.4 Å². The lowest BCUT2D eigenvalue weighted by Gasteiger charge is -2.26. The Hall–Kier alpha value is -3.27. The molecule has 1 amide bonds. The van der Waals surface area contributed by atoms with Crippen molar-refractivity contribution in [1.82, 2.24) is 0 Å². The standard InChI is InChI=1S/C24H25NO3/c1-18(2)25(21-14-12-19(3)13-15-21)24(26)27-17-20-8-7-11-23(16-20)28-22-9-5-4-6-10-22/h4-16,18H,17H2,1-3H3. The number of hydrogen-bond acceptors (Lipinski definition) is 3. The van der Waals surface area contributed by atoms with E-state index in [1.807, 2.05) is 99.6 Å². The first-order valence-electron chi connectivity index (χ1n) is 9.37. The summed E-state index contributed by atoms with van der Waals surface area (Å²) < 4.78 is 11.4. The molecule has 0 radical (unpaired) electrons. The number of para-hydroxylation sites is 1. The molecule has 0 bridgehead atoms. The fraction of sp³-hybridized carbons (Fsp3) is 0.208. The molecule has 144 valence electrons. The number of aryl methyl sites for hydroxylation is 1. The third kappa shape index (κ3) is 5.13. The van der Waals surface area contributed by atoms with Gasteiger partial charge >= 0.3 is 6.09 Å². The first-order chi connectivity index (χ1) is 13.5. The Morgan fingerprint density at radius 1 is 0.893 bits per heavy atom. The first-order valence-corrected chi connectivity index (χ1v) is 9.37. The highest BCUT2D eigenvalue weighted by atomic mass is 16.6. The largest absolute Gasteiger partial charge is 0.457 e. The van der Waals surface area contributed by atoms with E-state index in [2.05, 4.69) is 0 Å². The average molecular weight is 375 g/mol. The van der Waals surface area contributed by atoms with Gasteiger partial charge in [-0.25, -0.2) is 4.79 Å². The van der Waals surface area contributed by atoms with E-state index in [1.165, 1.54) is 0 Å². The van der Waals surface area contributed by atoms with Gasteiger partial charge in [0.15, 0.2) is 0 Å². The predicted octanol–water partition coefficient (Wildman–Crippen LogP) is 6.34. The van der Waals surface area contributed by atoms with Crippen LogP contribution in [0.3, 0.4) is 0 Å². The molecule has 0 aliphatic rings. The molecular weight excluding hydrogens is 350 g/mol. The lowest BCUT2D eigenvalue weighted by Crippen LogP contribution is -2.37. The van der Waals surface area contributed by atoms with Gasteiger partial charge in [0.1, 0.15) is 18.1 Å². The van der Waals surface area contributed by atoms with Gasteiger partial charge in [-0.15, -0.1) is 0 Å². The van der Waals surface area contributed by atoms with E-state index >= 15 is 0 Å². The van der Waals surface area contributed by atoms with Crippen LogP contribution in [0.5, 0.6) is 11.5 Å². The highest BCUT2D eigenvalue weighted by molar-refractivity contribution is 5.88. The monoisotopic (exact) mass is 375 g/mol. The Bertz CT molecular complexity index is 905. The third-order valence-electron chi connectivity index (χ3n) is 4.26. The zero-order valence-electron chi connectivity index (χ0n) is 16.5. The number of carbonyl (C=O) groups is 1. The summed E-state index contributed by atoms with van der Waals surface area (Å²) in [5, 5.41) is 0. The zero-order chi connectivity index (χ0) is 19.9. The van der Waals surface area contributed by atoms with Gasteiger partial charge in [-0.1, -0.05) is 48.0 Å². The summed E-state index contributed by atoms with van der Waals surface area (Å²) in [6, 6.07) is 25.0. The zero-order valence-corrected chi connectivity index (χ0v) is 16.5. The van der Waals surface area contributed by atoms with E-state index in [-0.39, 0.29) is 18.7 Å². The van der Waals surface area contributed by atoms with Crippen molar-refractivity contribution < 1.29 is 14.3 Å². The minimum atomic E-state index is -0.367. The van der Waals surface area contributed by atoms with Gasteiger partial charge in [-0.2, -0.15) is 0 Å². The van der Waals surface area contributed by atoms with Gasteiger partial charge in [0, 0.05) is 11.7 Å². The molecule has 0 N–H and O–H groups in total. The second-order valence-electron chi connectivity index (χ2n) is 6.92. The molecule has 0 unspecified atom stereocenters. The second kappa shape index (κ2) is 9.09. The van der Waals surface area contributed by atoms with E-state index in [1.54, 1.807) is 4.90 Å². The summed E-state index contributed by atoms with van der Waals surface area (Å²) in [5.41, 5.74) is 2.84. The number of carbonyl (C=O) groups excluding carboxylic acids is 1. The van der Waals surface area contributed by atoms with Crippen LogP contribution in [-0.2, 0) is 11.3 Å². The van der Waals surface area contributed by atoms with Gasteiger partial charge in [0.05, 0.1) is 0 Å². The van der Waals surface area contributed by atoms with Crippen LogP contribution in [0, 0.1) is 6.92 Å². The van der Waals surface area contributed by atoms with Crippen LogP contribution in [0.25, 0.3) is 0 Å². The van der Waals surface area contributed by atoms with Crippen LogP contribution in [-0.4, -0.2) is 12.1 Å². The smallest absolute Gasteiger partial charge is 0.414 e. The van der Waals surface area contributed by atoms with E-state index in [0.29, 0.717) is 5.75 Å². The Morgan fingerprint density at radius 3 is 2.25 bits per heavy atom. The molecule has 3 rings (SSSR count). The average Bonchev–Trinajstić information content (AvgIpc) is 2.69. The summed E-state index contributed by atoms with van der Waals surface area (Å²) in [7, 11) is 0. The molecular formula is C24H25NO3. The molecule has 0 atom stereocenters. The maximum Gasteiger partial charge on any atom is 0.414 e. The topological polar surface area (TPSA) is 38.8 Å². The summed E-state index contributed by atoms with van der Waals surface area (Å²) in [6.45, 7) is 6.14. The number of nitrogens with zero attached hydrogens (tertiary/aromatic N) is 1. The first kappa shape index (κ1) is 19.5. The molecule has 4 heteroatoms. The van der Waals surface area contributed by atoms with Crippen LogP contribution in [0.15, 0.2) is 78.9 Å². The van der Waals surface area contributed by atoms with E-state index in [9.17, 15) is 4.79 Å². The SMILES string of the molecule is Cc1ccc(N(C(=O)OCc2cccc(Oc3ccccc3)c2)C(C)C)cc1. The van der Waals surface area contributed by atoms with Gasteiger partial charge in [-0.05, 0) is 62.7 Å². The van der Waals surface area contributed by atoms with Crippen LogP contribution in [0.2, 0.25) is 0 Å². The number of benzene rings is 3. The van der Waals surface area contributed by atoms with Gasteiger partial charge < -0.3 is 9.47 Å². The van der Waals surface area contributed by atoms with Crippen molar-refractivity contribution >= 4 is 11.8 Å². The fourth-order valence-electron chi connectivity index (χ4n) is 2.86. The summed E-state index contributed by atoms with van der Waals surface area (Å²) in [6.07, 6.45) is -0.367. The molecule has 28 heavy (non-hydrogen) atoms. The van der Waals surface area contributed by atoms with Gasteiger partial charge in [0.2, 0.25) is 0 Å². The lowest BCUT2D eigenvalue weighted by molar-refractivity contribution is 0.145. The van der Waals surface area contributed by atoms with Crippen molar-refractivity contribution in [1.29, 1.82) is 0 Å². The van der Waals surface area contributed by atoms with Gasteiger partial charge in [0.25, 0.3) is 0 Å². The molecule has 0 heterocycles. The molecule has 4 nitrogen and oxygen atoms in total. The van der Waals surface area contributed by atoms with Crippen molar-refractivity contribution in [3.63, 3.8) is 0 Å². The molecule has 0 saturated heterocycles. The summed E-state index contributed by atoms with van der Waals surface area (Å²) in [5.74, 6) is 1.47. The van der Waals surface area contributed by atoms with Crippen LogP contribution < -0.4 is 9.64 Å². The highest BCUT2D eigenvalue weighted by Gasteiger charge is 2.20. The minimum Gasteiger partial charge on any atom is -0.457 e. The van der Waals surface area contributed by atoms with Crippen molar-refractivity contribution in [2.24, 2.45) is 0 Å². The Balaban J connectivity index is 1.66. The number of hydrogen-bond donors (Lipinski definition) is 0. The van der Waals surface area contributed by atoms with E-state index in [4.69, 9.17) is 9.47 Å². The second-order valence-corrected chi connectivity index (χ2v) is 6.92. The van der Waals surface area contributed by atoms with Crippen LogP contribution >= 0.6 is 0 Å². The van der Waals surface area contributed by atoms with E-state index in [0.717, 1.165) is 22.6 Å². The van der Waals surface area contributed by atoms with Gasteiger partial charge in [-0.3, -0.25) is 4.90 Å². The Kier molecular flexibility index (Phi) is 6.33. The minimum absolute atomic E-state index is 0.0112. The number of amides is 1. The fourth-order valence-corrected chi connectivity index (χ4v) is 2.86. The maximum atomic E-state index is 12.7. The molecule has 3 aromatic rings. The van der Waals surface area contributed by atoms with E-state index < -0.39 is 0 Å². The molecule has 0 aliphatic carbocycles. The molecule has 0 aromatic heterocycles. The number of anilines is 1. The van der Waals surface area contributed by atoms with Crippen molar-refractivity contribution in [3.05, 3.63) is 90.0 Å². The van der Waals surface area contributed by atoms with Crippen LogP contribution in [0.1, 0.15) is 25.0 Å². The number of rotatable bonds is 6. The Morgan fingerprint density at radius 2 is 1.57 bits per heavy atom. The molecule has 0 fully saturated rings. The van der Waals surface area contributed by atoms with Crippen molar-refractivity contribution in [3.8, 4) is 11.5 Å². The van der Waals surface area contributed by atoms with Crippen LogP contribution in [0.4, 0.5) is 10.5 Å². The van der Waals surface area contributed by atoms with Crippen molar-refractivity contribution in [2.75, 3.05) is 4.90 Å².